The number of benzene rings is 1. The molecular formula is C22H36N2O3. The van der Waals surface area contributed by atoms with Crippen LogP contribution in [0, 0.1) is 11.8 Å². The Labute approximate surface area is 164 Å². The molecule has 0 saturated carbocycles. The van der Waals surface area contributed by atoms with Crippen molar-refractivity contribution in [3.05, 3.63) is 23.8 Å². The van der Waals surface area contributed by atoms with Crippen molar-refractivity contribution in [2.75, 3.05) is 33.9 Å². The molecule has 1 heterocycles. The lowest BCUT2D eigenvalue weighted by molar-refractivity contribution is -0.121. The first-order chi connectivity index (χ1) is 12.7. The number of ether oxygens (including phenoxy) is 2. The van der Waals surface area contributed by atoms with Gasteiger partial charge in [-0.05, 0) is 62.3 Å². The molecule has 0 aromatic heterocycles. The van der Waals surface area contributed by atoms with Gasteiger partial charge >= 0.3 is 0 Å². The Morgan fingerprint density at radius 1 is 1.19 bits per heavy atom. The highest BCUT2D eigenvalue weighted by molar-refractivity contribution is 5.76. The number of nitrogens with one attached hydrogen (secondary N) is 1. The minimum Gasteiger partial charge on any atom is -0.497 e. The highest BCUT2D eigenvalue weighted by atomic mass is 16.5. The van der Waals surface area contributed by atoms with Crippen molar-refractivity contribution in [1.82, 2.24) is 10.2 Å². The Bertz CT molecular complexity index is 620. The normalized spacial score (nSPS) is 21.0. The first-order valence-electron chi connectivity index (χ1n) is 9.97. The zero-order valence-electron chi connectivity index (χ0n) is 17.8. The maximum atomic E-state index is 12.4. The van der Waals surface area contributed by atoms with Crippen LogP contribution in [0.2, 0.25) is 0 Å². The number of likely N-dealkylation sites (tertiary alicyclic amines) is 1. The molecule has 1 aromatic rings. The van der Waals surface area contributed by atoms with Crippen molar-refractivity contribution in [2.24, 2.45) is 11.8 Å². The number of carbonyl (C=O) groups is 1. The summed E-state index contributed by atoms with van der Waals surface area (Å²) in [6.45, 7) is 12.0. The van der Waals surface area contributed by atoms with E-state index in [9.17, 15) is 4.79 Å². The van der Waals surface area contributed by atoms with Gasteiger partial charge in [-0.15, -0.1) is 0 Å². The molecule has 5 heteroatoms. The lowest BCUT2D eigenvalue weighted by Crippen LogP contribution is -2.56. The molecule has 2 rings (SSSR count). The summed E-state index contributed by atoms with van der Waals surface area (Å²) in [5, 5.41) is 3.13. The van der Waals surface area contributed by atoms with E-state index in [1.54, 1.807) is 14.2 Å². The second-order valence-corrected chi connectivity index (χ2v) is 8.62. The summed E-state index contributed by atoms with van der Waals surface area (Å²) in [5.41, 5.74) is 0.955. The Kier molecular flexibility index (Phi) is 7.54. The summed E-state index contributed by atoms with van der Waals surface area (Å²) in [6, 6.07) is 5.69. The summed E-state index contributed by atoms with van der Waals surface area (Å²) in [5.74, 6) is 3.07. The minimum absolute atomic E-state index is 0.0355. The smallest absolute Gasteiger partial charge is 0.220 e. The van der Waals surface area contributed by atoms with Crippen LogP contribution in [0.25, 0.3) is 0 Å². The van der Waals surface area contributed by atoms with E-state index in [4.69, 9.17) is 9.47 Å². The monoisotopic (exact) mass is 376 g/mol. The largest absolute Gasteiger partial charge is 0.497 e. The summed E-state index contributed by atoms with van der Waals surface area (Å²) in [6.07, 6.45) is 2.36. The molecule has 1 amide bonds. The van der Waals surface area contributed by atoms with E-state index < -0.39 is 0 Å². The van der Waals surface area contributed by atoms with Crippen LogP contribution in [0.5, 0.6) is 11.5 Å². The molecule has 0 aliphatic carbocycles. The zero-order valence-corrected chi connectivity index (χ0v) is 17.8. The number of amides is 1. The van der Waals surface area contributed by atoms with Crippen molar-refractivity contribution in [3.8, 4) is 11.5 Å². The van der Waals surface area contributed by atoms with Crippen molar-refractivity contribution in [1.29, 1.82) is 0 Å². The number of hydrogen-bond acceptors (Lipinski definition) is 4. The fourth-order valence-corrected chi connectivity index (χ4v) is 4.00. The van der Waals surface area contributed by atoms with Gasteiger partial charge in [-0.2, -0.15) is 0 Å². The summed E-state index contributed by atoms with van der Waals surface area (Å²) in [4.78, 5) is 15.0. The molecular weight excluding hydrogens is 340 g/mol. The van der Waals surface area contributed by atoms with Crippen molar-refractivity contribution in [2.45, 2.75) is 52.5 Å². The van der Waals surface area contributed by atoms with Gasteiger partial charge < -0.3 is 14.8 Å². The first kappa shape index (κ1) is 21.5. The Hall–Kier alpha value is -1.75. The molecule has 5 nitrogen and oxygen atoms in total. The van der Waals surface area contributed by atoms with Gasteiger partial charge in [-0.3, -0.25) is 9.69 Å². The molecule has 1 saturated heterocycles. The number of methoxy groups -OCH3 is 2. The van der Waals surface area contributed by atoms with Gasteiger partial charge in [0.1, 0.15) is 11.5 Å². The summed E-state index contributed by atoms with van der Waals surface area (Å²) >= 11 is 0. The van der Waals surface area contributed by atoms with Crippen LogP contribution in [0.3, 0.4) is 0 Å². The fraction of sp³-hybridized carbons (Fsp3) is 0.682. The molecule has 0 bridgehead atoms. The number of aryl methyl sites for hydroxylation is 1. The number of carbonyl (C=O) groups excluding carboxylic acids is 1. The van der Waals surface area contributed by atoms with Gasteiger partial charge in [0.05, 0.1) is 14.2 Å². The van der Waals surface area contributed by atoms with E-state index in [2.05, 4.69) is 37.9 Å². The third-order valence-corrected chi connectivity index (χ3v) is 5.55. The lowest BCUT2D eigenvalue weighted by Gasteiger charge is -2.45. The SMILES string of the molecule is COc1ccc(OC)c(CCC(=O)NCC(C)(C)N2CC(C)CC(C)C2)c1. The average molecular weight is 377 g/mol. The van der Waals surface area contributed by atoms with Gasteiger partial charge in [0, 0.05) is 31.6 Å². The highest BCUT2D eigenvalue weighted by Gasteiger charge is 2.32. The van der Waals surface area contributed by atoms with Crippen LogP contribution in [0.4, 0.5) is 0 Å². The van der Waals surface area contributed by atoms with E-state index >= 15 is 0 Å². The zero-order chi connectivity index (χ0) is 20.0. The molecule has 1 N–H and O–H groups in total. The molecule has 0 radical (unpaired) electrons. The topological polar surface area (TPSA) is 50.8 Å². The molecule has 1 aromatic carbocycles. The van der Waals surface area contributed by atoms with Crippen LogP contribution in [-0.2, 0) is 11.2 Å². The van der Waals surface area contributed by atoms with Gasteiger partial charge in [-0.25, -0.2) is 0 Å². The Morgan fingerprint density at radius 2 is 1.85 bits per heavy atom. The Morgan fingerprint density at radius 3 is 2.44 bits per heavy atom. The molecule has 2 atom stereocenters. The third-order valence-electron chi connectivity index (χ3n) is 5.55. The molecule has 1 aliphatic heterocycles. The van der Waals surface area contributed by atoms with Crippen molar-refractivity contribution in [3.63, 3.8) is 0 Å². The predicted octanol–water partition coefficient (Wildman–Crippen LogP) is 3.51. The van der Waals surface area contributed by atoms with E-state index in [0.29, 0.717) is 31.2 Å². The molecule has 2 unspecified atom stereocenters. The molecule has 27 heavy (non-hydrogen) atoms. The lowest BCUT2D eigenvalue weighted by atomic mass is 9.88. The Balaban J connectivity index is 1.87. The summed E-state index contributed by atoms with van der Waals surface area (Å²) < 4.78 is 10.7. The number of nitrogens with zero attached hydrogens (tertiary/aromatic N) is 1. The molecule has 152 valence electrons. The standard InChI is InChI=1S/C22H36N2O3/c1-16-11-17(2)14-24(13-16)22(3,4)15-23-21(25)10-7-18-12-19(26-5)8-9-20(18)27-6/h8-9,12,16-17H,7,10-11,13-15H2,1-6H3,(H,23,25). The van der Waals surface area contributed by atoms with Crippen LogP contribution >= 0.6 is 0 Å². The van der Waals surface area contributed by atoms with Crippen LogP contribution in [-0.4, -0.2) is 50.2 Å². The second kappa shape index (κ2) is 9.45. The van der Waals surface area contributed by atoms with Gasteiger partial charge in [0.2, 0.25) is 5.91 Å². The molecule has 1 fully saturated rings. The number of hydrogen-bond donors (Lipinski definition) is 1. The summed E-state index contributed by atoms with van der Waals surface area (Å²) in [7, 11) is 3.29. The number of rotatable bonds is 8. The second-order valence-electron chi connectivity index (χ2n) is 8.62. The fourth-order valence-electron chi connectivity index (χ4n) is 4.00. The van der Waals surface area contributed by atoms with Crippen molar-refractivity contribution >= 4 is 5.91 Å². The average Bonchev–Trinajstić information content (AvgIpc) is 2.63. The van der Waals surface area contributed by atoms with Crippen LogP contribution in [0.1, 0.15) is 46.1 Å². The number of piperidine rings is 1. The van der Waals surface area contributed by atoms with Gasteiger partial charge in [0.25, 0.3) is 0 Å². The third kappa shape index (κ3) is 6.13. The van der Waals surface area contributed by atoms with E-state index in [1.165, 1.54) is 6.42 Å². The quantitative estimate of drug-likeness (QED) is 0.754. The maximum Gasteiger partial charge on any atom is 0.220 e. The highest BCUT2D eigenvalue weighted by Crippen LogP contribution is 2.27. The predicted molar refractivity (Wildman–Crippen MR) is 109 cm³/mol. The maximum absolute atomic E-state index is 12.4. The van der Waals surface area contributed by atoms with Gasteiger partial charge in [0.15, 0.2) is 0 Å². The first-order valence-corrected chi connectivity index (χ1v) is 9.97. The minimum atomic E-state index is -0.0355. The van der Waals surface area contributed by atoms with E-state index in [0.717, 1.165) is 30.2 Å². The van der Waals surface area contributed by atoms with Crippen LogP contribution < -0.4 is 14.8 Å². The molecule has 0 spiro atoms. The van der Waals surface area contributed by atoms with Gasteiger partial charge in [-0.1, -0.05) is 13.8 Å². The molecule has 1 aliphatic rings. The van der Waals surface area contributed by atoms with E-state index in [1.807, 2.05) is 18.2 Å². The van der Waals surface area contributed by atoms with Crippen LogP contribution in [0.15, 0.2) is 18.2 Å². The van der Waals surface area contributed by atoms with Crippen molar-refractivity contribution < 1.29 is 14.3 Å². The van der Waals surface area contributed by atoms with E-state index in [-0.39, 0.29) is 11.4 Å².